The molecule has 1 aromatic rings. The van der Waals surface area contributed by atoms with Gasteiger partial charge in [-0.2, -0.15) is 0 Å². The first-order chi connectivity index (χ1) is 8.86. The van der Waals surface area contributed by atoms with Crippen molar-refractivity contribution in [3.05, 3.63) is 35.9 Å². The fourth-order valence-corrected chi connectivity index (χ4v) is 2.48. The Hall–Kier alpha value is -0.820. The molecule has 0 aliphatic heterocycles. The lowest BCUT2D eigenvalue weighted by atomic mass is 9.95. The Morgan fingerprint density at radius 3 is 2.44 bits per heavy atom. The van der Waals surface area contributed by atoms with Gasteiger partial charge in [0.1, 0.15) is 0 Å². The Kier molecular flexibility index (Phi) is 8.58. The van der Waals surface area contributed by atoms with Crippen molar-refractivity contribution in [3.63, 3.8) is 0 Å². The second-order valence-corrected chi connectivity index (χ2v) is 5.24. The Morgan fingerprint density at radius 2 is 1.78 bits per heavy atom. The van der Waals surface area contributed by atoms with Crippen LogP contribution in [0.25, 0.3) is 0 Å². The van der Waals surface area contributed by atoms with E-state index in [0.29, 0.717) is 0 Å². The van der Waals surface area contributed by atoms with E-state index in [1.54, 1.807) is 0 Å². The minimum absolute atomic E-state index is 0.866. The highest BCUT2D eigenvalue weighted by atomic mass is 14.8. The zero-order valence-corrected chi connectivity index (χ0v) is 12.1. The number of benzene rings is 1. The molecule has 1 heteroatoms. The number of hydrogen-bond donors (Lipinski definition) is 1. The molecule has 1 N–H and O–H groups in total. The smallest absolute Gasteiger partial charge is 0.00205 e. The van der Waals surface area contributed by atoms with Gasteiger partial charge in [-0.3, -0.25) is 0 Å². The van der Waals surface area contributed by atoms with Gasteiger partial charge in [0.05, 0.1) is 0 Å². The third-order valence-corrected chi connectivity index (χ3v) is 3.48. The quantitative estimate of drug-likeness (QED) is 0.603. The summed E-state index contributed by atoms with van der Waals surface area (Å²) in [5, 5.41) is 3.57. The molecule has 0 fully saturated rings. The van der Waals surface area contributed by atoms with E-state index in [-0.39, 0.29) is 0 Å². The molecule has 0 aromatic heterocycles. The number of nitrogens with one attached hydrogen (secondary N) is 1. The molecular formula is C17H29N. The first-order valence-corrected chi connectivity index (χ1v) is 7.61. The van der Waals surface area contributed by atoms with Gasteiger partial charge in [0.2, 0.25) is 0 Å². The zero-order valence-electron chi connectivity index (χ0n) is 12.1. The van der Waals surface area contributed by atoms with E-state index >= 15 is 0 Å². The van der Waals surface area contributed by atoms with Crippen molar-refractivity contribution in [2.24, 2.45) is 5.92 Å². The Bertz CT molecular complexity index is 281. The molecule has 0 aliphatic rings. The number of rotatable bonds is 10. The van der Waals surface area contributed by atoms with E-state index in [2.05, 4.69) is 49.5 Å². The van der Waals surface area contributed by atoms with Crippen molar-refractivity contribution in [1.29, 1.82) is 0 Å². The second kappa shape index (κ2) is 10.1. The Balaban J connectivity index is 2.20. The number of aryl methyl sites for hydroxylation is 1. The third-order valence-electron chi connectivity index (χ3n) is 3.48. The summed E-state index contributed by atoms with van der Waals surface area (Å²) in [7, 11) is 0. The van der Waals surface area contributed by atoms with Crippen molar-refractivity contribution >= 4 is 0 Å². The van der Waals surface area contributed by atoms with Crippen LogP contribution >= 0.6 is 0 Å². The van der Waals surface area contributed by atoms with Crippen LogP contribution in [0.15, 0.2) is 30.3 Å². The normalized spacial score (nSPS) is 12.6. The Morgan fingerprint density at radius 1 is 1.00 bits per heavy atom. The van der Waals surface area contributed by atoms with Crippen molar-refractivity contribution in [1.82, 2.24) is 5.32 Å². The van der Waals surface area contributed by atoms with Crippen LogP contribution in [0.4, 0.5) is 0 Å². The summed E-state index contributed by atoms with van der Waals surface area (Å²) in [6.07, 6.45) is 7.83. The molecule has 1 aromatic carbocycles. The van der Waals surface area contributed by atoms with Crippen LogP contribution in [0, 0.1) is 5.92 Å². The van der Waals surface area contributed by atoms with E-state index in [1.807, 2.05) is 0 Å². The largest absolute Gasteiger partial charge is 0.316 e. The first kappa shape index (κ1) is 15.2. The molecule has 0 bridgehead atoms. The molecule has 0 saturated heterocycles. The monoisotopic (exact) mass is 247 g/mol. The van der Waals surface area contributed by atoms with Gasteiger partial charge in [-0.25, -0.2) is 0 Å². The van der Waals surface area contributed by atoms with Crippen molar-refractivity contribution < 1.29 is 0 Å². The third kappa shape index (κ3) is 6.80. The maximum absolute atomic E-state index is 3.57. The van der Waals surface area contributed by atoms with E-state index in [4.69, 9.17) is 0 Å². The maximum Gasteiger partial charge on any atom is -0.00205 e. The highest BCUT2D eigenvalue weighted by Gasteiger charge is 2.07. The minimum Gasteiger partial charge on any atom is -0.316 e. The van der Waals surface area contributed by atoms with Gasteiger partial charge in [0.25, 0.3) is 0 Å². The molecule has 102 valence electrons. The summed E-state index contributed by atoms with van der Waals surface area (Å²) >= 11 is 0. The predicted molar refractivity (Wildman–Crippen MR) is 80.9 cm³/mol. The predicted octanol–water partition coefficient (Wildman–Crippen LogP) is 4.43. The SMILES string of the molecule is CCCNCC(CCC)CCCc1ccccc1. The molecule has 0 radical (unpaired) electrons. The van der Waals surface area contributed by atoms with Crippen LogP contribution in [0.3, 0.4) is 0 Å². The number of hydrogen-bond acceptors (Lipinski definition) is 1. The molecule has 18 heavy (non-hydrogen) atoms. The van der Waals surface area contributed by atoms with Gasteiger partial charge >= 0.3 is 0 Å². The molecule has 1 atom stereocenters. The molecule has 0 heterocycles. The van der Waals surface area contributed by atoms with Crippen molar-refractivity contribution in [2.45, 2.75) is 52.4 Å². The minimum atomic E-state index is 0.866. The van der Waals surface area contributed by atoms with Crippen LogP contribution in [-0.2, 0) is 6.42 Å². The lowest BCUT2D eigenvalue weighted by Gasteiger charge is -2.16. The van der Waals surface area contributed by atoms with Gasteiger partial charge in [-0.1, -0.05) is 50.6 Å². The lowest BCUT2D eigenvalue weighted by molar-refractivity contribution is 0.404. The Labute approximate surface area is 113 Å². The molecular weight excluding hydrogens is 218 g/mol. The molecule has 1 rings (SSSR count). The van der Waals surface area contributed by atoms with E-state index in [1.165, 1.54) is 57.2 Å². The summed E-state index contributed by atoms with van der Waals surface area (Å²) in [4.78, 5) is 0. The average Bonchev–Trinajstić information content (AvgIpc) is 2.40. The summed E-state index contributed by atoms with van der Waals surface area (Å²) < 4.78 is 0. The molecule has 0 spiro atoms. The van der Waals surface area contributed by atoms with Crippen LogP contribution in [0.2, 0.25) is 0 Å². The van der Waals surface area contributed by atoms with Crippen molar-refractivity contribution in [3.8, 4) is 0 Å². The summed E-state index contributed by atoms with van der Waals surface area (Å²) in [6.45, 7) is 6.90. The molecule has 1 nitrogen and oxygen atoms in total. The van der Waals surface area contributed by atoms with E-state index in [9.17, 15) is 0 Å². The summed E-state index contributed by atoms with van der Waals surface area (Å²) in [6, 6.07) is 10.9. The van der Waals surface area contributed by atoms with Crippen LogP contribution < -0.4 is 5.32 Å². The van der Waals surface area contributed by atoms with Crippen LogP contribution in [-0.4, -0.2) is 13.1 Å². The average molecular weight is 247 g/mol. The molecule has 0 amide bonds. The van der Waals surface area contributed by atoms with E-state index in [0.717, 1.165) is 5.92 Å². The van der Waals surface area contributed by atoms with Crippen LogP contribution in [0.1, 0.15) is 51.5 Å². The summed E-state index contributed by atoms with van der Waals surface area (Å²) in [5.74, 6) is 0.866. The van der Waals surface area contributed by atoms with E-state index < -0.39 is 0 Å². The van der Waals surface area contributed by atoms with Gasteiger partial charge in [-0.05, 0) is 56.7 Å². The molecule has 0 saturated carbocycles. The molecule has 1 unspecified atom stereocenters. The fourth-order valence-electron chi connectivity index (χ4n) is 2.48. The first-order valence-electron chi connectivity index (χ1n) is 7.61. The molecule has 0 aliphatic carbocycles. The lowest BCUT2D eigenvalue weighted by Crippen LogP contribution is -2.23. The van der Waals surface area contributed by atoms with Crippen molar-refractivity contribution in [2.75, 3.05) is 13.1 Å². The highest BCUT2D eigenvalue weighted by molar-refractivity contribution is 5.14. The van der Waals surface area contributed by atoms with Gasteiger partial charge in [0.15, 0.2) is 0 Å². The highest BCUT2D eigenvalue weighted by Crippen LogP contribution is 2.15. The van der Waals surface area contributed by atoms with Gasteiger partial charge < -0.3 is 5.32 Å². The maximum atomic E-state index is 3.57. The standard InChI is InChI=1S/C17H29N/c1-3-9-17(15-18-14-4-2)13-8-12-16-10-6-5-7-11-16/h5-7,10-11,17-18H,3-4,8-9,12-15H2,1-2H3. The topological polar surface area (TPSA) is 12.0 Å². The summed E-state index contributed by atoms with van der Waals surface area (Å²) in [5.41, 5.74) is 1.48. The van der Waals surface area contributed by atoms with Crippen LogP contribution in [0.5, 0.6) is 0 Å². The second-order valence-electron chi connectivity index (χ2n) is 5.24. The van der Waals surface area contributed by atoms with Gasteiger partial charge in [0, 0.05) is 0 Å². The fraction of sp³-hybridized carbons (Fsp3) is 0.647. The zero-order chi connectivity index (χ0) is 13.1. The van der Waals surface area contributed by atoms with Gasteiger partial charge in [-0.15, -0.1) is 0 Å².